The maximum Gasteiger partial charge on any atom is 0.393 e. The third-order valence-corrected chi connectivity index (χ3v) is 5.25. The summed E-state index contributed by atoms with van der Waals surface area (Å²) in [5, 5.41) is 9.57. The molecule has 2 atom stereocenters. The van der Waals surface area contributed by atoms with Crippen molar-refractivity contribution in [2.24, 2.45) is 0 Å². The van der Waals surface area contributed by atoms with Crippen molar-refractivity contribution in [3.05, 3.63) is 70.8 Å². The second-order valence-corrected chi connectivity index (χ2v) is 7.29. The average Bonchev–Trinajstić information content (AvgIpc) is 3.27. The number of furan rings is 1. The van der Waals surface area contributed by atoms with Crippen molar-refractivity contribution < 1.29 is 27.1 Å². The van der Waals surface area contributed by atoms with Gasteiger partial charge in [-0.25, -0.2) is 4.79 Å². The molecule has 1 aromatic carbocycles. The molecule has 2 aromatic rings. The fourth-order valence-electron chi connectivity index (χ4n) is 2.97. The number of alkyl halides is 4. The molecule has 0 saturated heterocycles. The topological polar surface area (TPSA) is 66.5 Å². The highest BCUT2D eigenvalue weighted by molar-refractivity contribution is 6.41. The highest BCUT2D eigenvalue weighted by atomic mass is 35.5. The Labute approximate surface area is 173 Å². The Hall–Kier alpha value is -2.63. The van der Waals surface area contributed by atoms with Gasteiger partial charge in [0.2, 0.25) is 5.76 Å². The van der Waals surface area contributed by atoms with Crippen LogP contribution in [0, 0.1) is 11.3 Å². The van der Waals surface area contributed by atoms with E-state index < -0.39 is 29.5 Å². The van der Waals surface area contributed by atoms with Gasteiger partial charge in [0.25, 0.3) is 0 Å². The Morgan fingerprint density at radius 2 is 2.00 bits per heavy atom. The summed E-state index contributed by atoms with van der Waals surface area (Å²) < 4.78 is 47.8. The molecule has 2 heterocycles. The van der Waals surface area contributed by atoms with Crippen LogP contribution in [-0.2, 0) is 11.2 Å². The summed E-state index contributed by atoms with van der Waals surface area (Å²) in [4.78, 5) is 11.7. The highest BCUT2D eigenvalue weighted by Crippen LogP contribution is 2.48. The van der Waals surface area contributed by atoms with E-state index in [0.717, 1.165) is 0 Å². The van der Waals surface area contributed by atoms with Gasteiger partial charge in [0.05, 0.1) is 29.8 Å². The lowest BCUT2D eigenvalue weighted by atomic mass is 9.93. The van der Waals surface area contributed by atoms with Crippen LogP contribution in [0.2, 0.25) is 0 Å². The number of nitrogens with zero attached hydrogens (tertiary/aromatic N) is 2. The monoisotopic (exact) mass is 444 g/mol. The molecule has 3 rings (SSSR count). The number of halogens is 5. The highest BCUT2D eigenvalue weighted by Gasteiger charge is 2.49. The van der Waals surface area contributed by atoms with Gasteiger partial charge in [0.15, 0.2) is 11.6 Å². The minimum absolute atomic E-state index is 0.0000762. The van der Waals surface area contributed by atoms with E-state index in [4.69, 9.17) is 32.4 Å². The number of hydrogen-bond acceptors (Lipinski definition) is 5. The zero-order valence-corrected chi connectivity index (χ0v) is 16.1. The number of hydrogen-bond donors (Lipinski definition) is 0. The maximum absolute atomic E-state index is 12.6. The first kappa shape index (κ1) is 21.1. The first-order valence-corrected chi connectivity index (χ1v) is 8.99. The van der Waals surface area contributed by atoms with E-state index in [0.29, 0.717) is 5.56 Å². The summed E-state index contributed by atoms with van der Waals surface area (Å²) in [5.41, 5.74) is 0.500. The van der Waals surface area contributed by atoms with Crippen LogP contribution < -0.4 is 0 Å². The molecule has 1 aromatic heterocycles. The third-order valence-electron chi connectivity index (χ3n) is 4.26. The standard InChI is InChI=1S/C19H13Cl2F3N2O3/c20-15-9-26(11-29-17(27)14-2-1-7-28-14)16(18(15,21)10-25)13-5-3-12(4-6-13)8-19(22,23)24/h1-7,9,16H,8,11H2. The summed E-state index contributed by atoms with van der Waals surface area (Å²) in [7, 11) is 0. The number of carbonyl (C=O) groups excluding carboxylic acids is 1. The summed E-state index contributed by atoms with van der Waals surface area (Å²) >= 11 is 12.6. The van der Waals surface area contributed by atoms with Gasteiger partial charge in [0, 0.05) is 6.20 Å². The Morgan fingerprint density at radius 3 is 2.55 bits per heavy atom. The third kappa shape index (κ3) is 4.52. The molecule has 2 unspecified atom stereocenters. The quantitative estimate of drug-likeness (QED) is 0.471. The number of ether oxygens (including phenoxy) is 1. The Balaban J connectivity index is 1.82. The molecule has 10 heteroatoms. The van der Waals surface area contributed by atoms with Gasteiger partial charge in [0.1, 0.15) is 0 Å². The van der Waals surface area contributed by atoms with Gasteiger partial charge < -0.3 is 14.1 Å². The van der Waals surface area contributed by atoms with Crippen LogP contribution in [0.5, 0.6) is 0 Å². The van der Waals surface area contributed by atoms with Gasteiger partial charge >= 0.3 is 12.1 Å². The van der Waals surface area contributed by atoms with Crippen LogP contribution >= 0.6 is 23.2 Å². The van der Waals surface area contributed by atoms with Crippen molar-refractivity contribution in [2.45, 2.75) is 23.5 Å². The molecule has 0 saturated carbocycles. The predicted octanol–water partition coefficient (Wildman–Crippen LogP) is 5.14. The van der Waals surface area contributed by atoms with Gasteiger partial charge in [-0.1, -0.05) is 47.5 Å². The average molecular weight is 445 g/mol. The number of rotatable bonds is 5. The van der Waals surface area contributed by atoms with E-state index in [1.807, 2.05) is 6.07 Å². The van der Waals surface area contributed by atoms with E-state index in [1.54, 1.807) is 0 Å². The number of benzene rings is 1. The van der Waals surface area contributed by atoms with Crippen molar-refractivity contribution in [3.63, 3.8) is 0 Å². The van der Waals surface area contributed by atoms with Gasteiger partial charge in [-0.15, -0.1) is 0 Å². The molecule has 1 aliphatic heterocycles. The fraction of sp³-hybridized carbons (Fsp3) is 0.263. The SMILES string of the molecule is N#CC1(Cl)C(Cl)=CN(COC(=O)c2ccco2)C1c1ccc(CC(F)(F)F)cc1. The van der Waals surface area contributed by atoms with Crippen molar-refractivity contribution in [3.8, 4) is 6.07 Å². The summed E-state index contributed by atoms with van der Waals surface area (Å²) in [5.74, 6) is -0.743. The van der Waals surface area contributed by atoms with Crippen LogP contribution in [0.3, 0.4) is 0 Å². The van der Waals surface area contributed by atoms with Crippen LogP contribution in [0.1, 0.15) is 27.7 Å². The van der Waals surface area contributed by atoms with Crippen LogP contribution in [0.25, 0.3) is 0 Å². The first-order valence-electron chi connectivity index (χ1n) is 8.24. The van der Waals surface area contributed by atoms with Crippen LogP contribution in [-0.4, -0.2) is 28.7 Å². The van der Waals surface area contributed by atoms with E-state index >= 15 is 0 Å². The summed E-state index contributed by atoms with van der Waals surface area (Å²) in [6, 6.07) is 9.46. The second-order valence-electron chi connectivity index (χ2n) is 6.29. The second kappa shape index (κ2) is 8.01. The van der Waals surface area contributed by atoms with Crippen molar-refractivity contribution in [1.29, 1.82) is 5.26 Å². The van der Waals surface area contributed by atoms with Crippen LogP contribution in [0.4, 0.5) is 13.2 Å². The smallest absolute Gasteiger partial charge is 0.393 e. The predicted molar refractivity (Wildman–Crippen MR) is 97.9 cm³/mol. The fourth-order valence-corrected chi connectivity index (χ4v) is 3.54. The maximum atomic E-state index is 12.6. The molecule has 0 amide bonds. The lowest BCUT2D eigenvalue weighted by molar-refractivity contribution is -0.127. The lowest BCUT2D eigenvalue weighted by Gasteiger charge is -2.31. The molecule has 0 bridgehead atoms. The van der Waals surface area contributed by atoms with Gasteiger partial charge in [-0.2, -0.15) is 18.4 Å². The molecular weight excluding hydrogens is 432 g/mol. The van der Waals surface area contributed by atoms with E-state index in [-0.39, 0.29) is 23.1 Å². The molecule has 5 nitrogen and oxygen atoms in total. The molecule has 0 radical (unpaired) electrons. The minimum Gasteiger partial charge on any atom is -0.457 e. The summed E-state index contributed by atoms with van der Waals surface area (Å²) in [6.45, 7) is -0.305. The largest absolute Gasteiger partial charge is 0.457 e. The molecule has 0 N–H and O–H groups in total. The first-order chi connectivity index (χ1) is 13.6. The normalized spacial score (nSPS) is 21.6. The van der Waals surface area contributed by atoms with E-state index in [2.05, 4.69) is 0 Å². The van der Waals surface area contributed by atoms with Gasteiger partial charge in [-0.3, -0.25) is 0 Å². The lowest BCUT2D eigenvalue weighted by Crippen LogP contribution is -2.35. The molecule has 0 fully saturated rings. The van der Waals surface area contributed by atoms with E-state index in [1.165, 1.54) is 53.8 Å². The van der Waals surface area contributed by atoms with Crippen molar-refractivity contribution >= 4 is 29.2 Å². The van der Waals surface area contributed by atoms with Crippen molar-refractivity contribution in [2.75, 3.05) is 6.73 Å². The molecule has 29 heavy (non-hydrogen) atoms. The summed E-state index contributed by atoms with van der Waals surface area (Å²) in [6.07, 6.45) is -2.74. The number of carbonyl (C=O) groups is 1. The zero-order chi connectivity index (χ0) is 21.2. The van der Waals surface area contributed by atoms with Crippen LogP contribution in [0.15, 0.2) is 58.3 Å². The Kier molecular flexibility index (Phi) is 5.82. The minimum atomic E-state index is -4.34. The molecular formula is C19H13Cl2F3N2O3. The molecule has 0 aliphatic carbocycles. The van der Waals surface area contributed by atoms with E-state index in [9.17, 15) is 23.2 Å². The number of nitriles is 1. The number of esters is 1. The Morgan fingerprint density at radius 1 is 1.31 bits per heavy atom. The van der Waals surface area contributed by atoms with Gasteiger partial charge in [-0.05, 0) is 23.3 Å². The molecule has 152 valence electrons. The van der Waals surface area contributed by atoms with Crippen molar-refractivity contribution in [1.82, 2.24) is 4.90 Å². The Bertz CT molecular complexity index is 953. The molecule has 1 aliphatic rings. The zero-order valence-electron chi connectivity index (χ0n) is 14.6. The molecule has 0 spiro atoms.